The molecule has 11 heavy (non-hydrogen) atoms. The molecule has 0 spiro atoms. The van der Waals surface area contributed by atoms with Gasteiger partial charge in [0.05, 0.1) is 5.37 Å². The molecule has 0 bridgehead atoms. The number of hydrogen-bond donors (Lipinski definition) is 1. The summed E-state index contributed by atoms with van der Waals surface area (Å²) in [6.45, 7) is 8.89. The lowest BCUT2D eigenvalue weighted by Crippen LogP contribution is -2.22. The van der Waals surface area contributed by atoms with Gasteiger partial charge in [-0.3, -0.25) is 0 Å². The van der Waals surface area contributed by atoms with E-state index < -0.39 is 0 Å². The van der Waals surface area contributed by atoms with Crippen LogP contribution < -0.4 is 5.32 Å². The average Bonchev–Trinajstić information content (AvgIpc) is 1.99. The van der Waals surface area contributed by atoms with Crippen LogP contribution in [0.5, 0.6) is 0 Å². The van der Waals surface area contributed by atoms with Crippen molar-refractivity contribution in [2.75, 3.05) is 6.54 Å². The maximum Gasteiger partial charge on any atom is 0.0544 e. The van der Waals surface area contributed by atoms with Crippen molar-refractivity contribution in [2.24, 2.45) is 0 Å². The lowest BCUT2D eigenvalue weighted by atomic mass is 10.4. The zero-order chi connectivity index (χ0) is 8.53. The lowest BCUT2D eigenvalue weighted by molar-refractivity contribution is 0.691. The summed E-state index contributed by atoms with van der Waals surface area (Å²) in [7, 11) is 0. The molecular formula is C9H17NS. The second kappa shape index (κ2) is 7.89. The molecule has 0 amide bonds. The van der Waals surface area contributed by atoms with Crippen LogP contribution in [0.1, 0.15) is 20.3 Å². The van der Waals surface area contributed by atoms with Crippen LogP contribution in [0.4, 0.5) is 0 Å². The minimum atomic E-state index is 0.484. The first-order chi connectivity index (χ1) is 5.31. The molecule has 1 nitrogen and oxygen atoms in total. The molecule has 0 saturated heterocycles. The third kappa shape index (κ3) is 7.69. The third-order valence-electron chi connectivity index (χ3n) is 1.28. The highest BCUT2D eigenvalue weighted by atomic mass is 32.2. The van der Waals surface area contributed by atoms with Gasteiger partial charge in [0.1, 0.15) is 0 Å². The number of rotatable bonds is 6. The molecule has 64 valence electrons. The molecule has 0 heterocycles. The van der Waals surface area contributed by atoms with Crippen molar-refractivity contribution in [1.29, 1.82) is 0 Å². The standard InChI is InChI=1S/C9H17NS/c1-4-6-7-8-10-9(3)11-5-2/h4-6,9-10H,2,7-8H2,1,3H3/b6-4-/t9-/m1/s1. The fraction of sp³-hybridized carbons (Fsp3) is 0.556. The van der Waals surface area contributed by atoms with Gasteiger partial charge < -0.3 is 5.32 Å². The summed E-state index contributed by atoms with van der Waals surface area (Å²) in [6.07, 6.45) is 5.35. The van der Waals surface area contributed by atoms with Gasteiger partial charge in [-0.1, -0.05) is 18.7 Å². The van der Waals surface area contributed by atoms with E-state index in [2.05, 4.69) is 31.0 Å². The van der Waals surface area contributed by atoms with Crippen LogP contribution in [0.2, 0.25) is 0 Å². The molecule has 0 aliphatic heterocycles. The molecule has 0 aliphatic rings. The van der Waals surface area contributed by atoms with Gasteiger partial charge in [-0.2, -0.15) is 0 Å². The fourth-order valence-electron chi connectivity index (χ4n) is 0.729. The molecule has 0 radical (unpaired) electrons. The Bertz CT molecular complexity index is 121. The van der Waals surface area contributed by atoms with Crippen molar-refractivity contribution in [3.63, 3.8) is 0 Å². The molecule has 0 fully saturated rings. The first-order valence-electron chi connectivity index (χ1n) is 3.92. The number of thioether (sulfide) groups is 1. The normalized spacial score (nSPS) is 13.6. The van der Waals surface area contributed by atoms with Crippen molar-refractivity contribution in [3.05, 3.63) is 24.1 Å². The lowest BCUT2D eigenvalue weighted by Gasteiger charge is -2.08. The summed E-state index contributed by atoms with van der Waals surface area (Å²) in [4.78, 5) is 0. The van der Waals surface area contributed by atoms with Gasteiger partial charge in [0, 0.05) is 0 Å². The Morgan fingerprint density at radius 3 is 2.91 bits per heavy atom. The van der Waals surface area contributed by atoms with Gasteiger partial charge >= 0.3 is 0 Å². The van der Waals surface area contributed by atoms with Crippen molar-refractivity contribution < 1.29 is 0 Å². The van der Waals surface area contributed by atoms with E-state index in [-0.39, 0.29) is 0 Å². The molecule has 0 aliphatic carbocycles. The fourth-order valence-corrected chi connectivity index (χ4v) is 1.23. The van der Waals surface area contributed by atoms with Crippen LogP contribution in [-0.4, -0.2) is 11.9 Å². The maximum absolute atomic E-state index is 3.65. The minimum absolute atomic E-state index is 0.484. The summed E-state index contributed by atoms with van der Waals surface area (Å²) in [5, 5.41) is 5.71. The third-order valence-corrected chi connectivity index (χ3v) is 2.05. The molecule has 0 aromatic rings. The first-order valence-corrected chi connectivity index (χ1v) is 4.86. The van der Waals surface area contributed by atoms with Crippen LogP contribution in [0.25, 0.3) is 0 Å². The highest BCUT2D eigenvalue weighted by Gasteiger charge is 1.94. The summed E-state index contributed by atoms with van der Waals surface area (Å²) in [5.41, 5.74) is 0. The van der Waals surface area contributed by atoms with Gasteiger partial charge in [0.25, 0.3) is 0 Å². The quantitative estimate of drug-likeness (QED) is 0.375. The van der Waals surface area contributed by atoms with Crippen LogP contribution in [0.15, 0.2) is 24.1 Å². The van der Waals surface area contributed by atoms with Crippen LogP contribution in [0, 0.1) is 0 Å². The Hall–Kier alpha value is -0.210. The summed E-state index contributed by atoms with van der Waals surface area (Å²) >= 11 is 1.72. The largest absolute Gasteiger partial charge is 0.305 e. The Morgan fingerprint density at radius 1 is 1.64 bits per heavy atom. The van der Waals surface area contributed by atoms with Crippen molar-refractivity contribution in [3.8, 4) is 0 Å². The first kappa shape index (κ1) is 10.8. The molecule has 0 saturated carbocycles. The van der Waals surface area contributed by atoms with E-state index in [9.17, 15) is 0 Å². The van der Waals surface area contributed by atoms with E-state index in [1.54, 1.807) is 11.8 Å². The molecule has 0 unspecified atom stereocenters. The molecule has 2 heteroatoms. The van der Waals surface area contributed by atoms with Gasteiger partial charge in [0.15, 0.2) is 0 Å². The molecule has 0 rings (SSSR count). The molecule has 1 N–H and O–H groups in total. The zero-order valence-corrected chi connectivity index (χ0v) is 8.16. The van der Waals surface area contributed by atoms with Gasteiger partial charge in [-0.05, 0) is 32.2 Å². The van der Waals surface area contributed by atoms with Crippen molar-refractivity contribution in [2.45, 2.75) is 25.6 Å². The van der Waals surface area contributed by atoms with Gasteiger partial charge in [-0.25, -0.2) is 0 Å². The highest BCUT2D eigenvalue weighted by molar-refractivity contribution is 8.02. The second-order valence-corrected chi connectivity index (χ2v) is 3.57. The topological polar surface area (TPSA) is 12.0 Å². The van der Waals surface area contributed by atoms with E-state index >= 15 is 0 Å². The molecule has 1 atom stereocenters. The number of hydrogen-bond acceptors (Lipinski definition) is 2. The number of nitrogens with one attached hydrogen (secondary N) is 1. The maximum atomic E-state index is 3.65. The average molecular weight is 171 g/mol. The second-order valence-electron chi connectivity index (χ2n) is 2.26. The summed E-state index contributed by atoms with van der Waals surface area (Å²) < 4.78 is 0. The Balaban J connectivity index is 3.16. The summed E-state index contributed by atoms with van der Waals surface area (Å²) in [5.74, 6) is 0. The summed E-state index contributed by atoms with van der Waals surface area (Å²) in [6, 6.07) is 0. The van der Waals surface area contributed by atoms with Gasteiger partial charge in [0.2, 0.25) is 0 Å². The van der Waals surface area contributed by atoms with Crippen molar-refractivity contribution >= 4 is 11.8 Å². The van der Waals surface area contributed by atoms with Gasteiger partial charge in [-0.15, -0.1) is 11.8 Å². The minimum Gasteiger partial charge on any atom is -0.305 e. The SMILES string of the molecule is C=CS[C@H](C)NCC/C=C\C. The van der Waals surface area contributed by atoms with Crippen LogP contribution in [0.3, 0.4) is 0 Å². The van der Waals surface area contributed by atoms with E-state index in [0.717, 1.165) is 13.0 Å². The van der Waals surface area contributed by atoms with E-state index in [1.165, 1.54) is 0 Å². The predicted molar refractivity (Wildman–Crippen MR) is 54.7 cm³/mol. The van der Waals surface area contributed by atoms with E-state index in [0.29, 0.717) is 5.37 Å². The van der Waals surface area contributed by atoms with E-state index in [4.69, 9.17) is 0 Å². The highest BCUT2D eigenvalue weighted by Crippen LogP contribution is 2.06. The molecular weight excluding hydrogens is 154 g/mol. The monoisotopic (exact) mass is 171 g/mol. The predicted octanol–water partition coefficient (Wildman–Crippen LogP) is 2.76. The smallest absolute Gasteiger partial charge is 0.0544 e. The van der Waals surface area contributed by atoms with Crippen LogP contribution in [-0.2, 0) is 0 Å². The van der Waals surface area contributed by atoms with Crippen molar-refractivity contribution in [1.82, 2.24) is 5.32 Å². The van der Waals surface area contributed by atoms with Crippen LogP contribution >= 0.6 is 11.8 Å². The molecule has 0 aromatic heterocycles. The Labute approximate surface area is 74.0 Å². The number of allylic oxidation sites excluding steroid dienone is 1. The molecule has 0 aromatic carbocycles. The Kier molecular flexibility index (Phi) is 7.74. The Morgan fingerprint density at radius 2 is 2.36 bits per heavy atom. The zero-order valence-electron chi connectivity index (χ0n) is 7.34. The van der Waals surface area contributed by atoms with E-state index in [1.807, 2.05) is 12.3 Å².